The molecule has 3 nitrogen and oxygen atoms in total. The first kappa shape index (κ1) is 14.0. The quantitative estimate of drug-likeness (QED) is 0.701. The van der Waals surface area contributed by atoms with Gasteiger partial charge in [-0.1, -0.05) is 25.1 Å². The lowest BCUT2D eigenvalue weighted by Gasteiger charge is -2.20. The predicted molar refractivity (Wildman–Crippen MR) is 72.3 cm³/mol. The predicted octanol–water partition coefficient (Wildman–Crippen LogP) is 1.98. The number of ether oxygens (including phenoxy) is 1. The van der Waals surface area contributed by atoms with Crippen LogP contribution < -0.4 is 10.5 Å². The van der Waals surface area contributed by atoms with Gasteiger partial charge in [-0.25, -0.2) is 0 Å². The summed E-state index contributed by atoms with van der Waals surface area (Å²) in [6.45, 7) is 5.81. The fraction of sp³-hybridized carbons (Fsp3) is 0.571. The van der Waals surface area contributed by atoms with Crippen molar-refractivity contribution < 1.29 is 4.74 Å². The molecule has 2 N–H and O–H groups in total. The first-order valence-corrected chi connectivity index (χ1v) is 6.29. The number of nitrogens with two attached hydrogens (primary N) is 1. The number of para-hydroxylation sites is 1. The Morgan fingerprint density at radius 3 is 2.65 bits per heavy atom. The minimum absolute atomic E-state index is 0.565. The molecule has 0 bridgehead atoms. The van der Waals surface area contributed by atoms with Crippen molar-refractivity contribution in [2.24, 2.45) is 11.7 Å². The first-order chi connectivity index (χ1) is 8.22. The van der Waals surface area contributed by atoms with Gasteiger partial charge in [0.25, 0.3) is 0 Å². The van der Waals surface area contributed by atoms with Gasteiger partial charge < -0.3 is 15.4 Å². The van der Waals surface area contributed by atoms with Gasteiger partial charge in [-0.3, -0.25) is 0 Å². The van der Waals surface area contributed by atoms with E-state index in [-0.39, 0.29) is 0 Å². The van der Waals surface area contributed by atoms with Crippen LogP contribution in [0.15, 0.2) is 30.3 Å². The topological polar surface area (TPSA) is 38.5 Å². The molecule has 0 aromatic heterocycles. The molecule has 17 heavy (non-hydrogen) atoms. The summed E-state index contributed by atoms with van der Waals surface area (Å²) in [4.78, 5) is 2.31. The standard InChI is InChI=1S/C14H24N2O/c1-13(11-15)12-16(2)9-6-10-17-14-7-4-3-5-8-14/h3-5,7-8,13H,6,9-12,15H2,1-2H3. The Kier molecular flexibility index (Phi) is 6.67. The SMILES string of the molecule is CC(CN)CN(C)CCCOc1ccccc1. The van der Waals surface area contributed by atoms with Crippen LogP contribution in [0, 0.1) is 5.92 Å². The zero-order valence-corrected chi connectivity index (χ0v) is 10.9. The second kappa shape index (κ2) is 8.09. The Labute approximate surface area is 105 Å². The third kappa shape index (κ3) is 6.29. The normalized spacial score (nSPS) is 12.7. The van der Waals surface area contributed by atoms with Crippen LogP contribution in [0.25, 0.3) is 0 Å². The van der Waals surface area contributed by atoms with Crippen LogP contribution in [0.2, 0.25) is 0 Å². The van der Waals surface area contributed by atoms with Crippen LogP contribution in [-0.2, 0) is 0 Å². The summed E-state index contributed by atoms with van der Waals surface area (Å²) in [5.74, 6) is 1.51. The molecule has 0 heterocycles. The smallest absolute Gasteiger partial charge is 0.119 e. The van der Waals surface area contributed by atoms with Crippen molar-refractivity contribution in [3.63, 3.8) is 0 Å². The lowest BCUT2D eigenvalue weighted by atomic mass is 10.2. The molecule has 0 aliphatic carbocycles. The Morgan fingerprint density at radius 2 is 2.00 bits per heavy atom. The lowest BCUT2D eigenvalue weighted by Crippen LogP contribution is -2.29. The lowest BCUT2D eigenvalue weighted by molar-refractivity contribution is 0.245. The second-order valence-corrected chi connectivity index (χ2v) is 4.62. The summed E-state index contributed by atoms with van der Waals surface area (Å²) in [7, 11) is 2.13. The molecule has 0 fully saturated rings. The van der Waals surface area contributed by atoms with Crippen LogP contribution in [0.4, 0.5) is 0 Å². The highest BCUT2D eigenvalue weighted by Crippen LogP contribution is 2.08. The third-order valence-corrected chi connectivity index (χ3v) is 2.72. The summed E-state index contributed by atoms with van der Waals surface area (Å²) in [5.41, 5.74) is 5.60. The van der Waals surface area contributed by atoms with Gasteiger partial charge in [-0.05, 0) is 38.1 Å². The highest BCUT2D eigenvalue weighted by molar-refractivity contribution is 5.20. The van der Waals surface area contributed by atoms with Gasteiger partial charge in [-0.2, -0.15) is 0 Å². The Hall–Kier alpha value is -1.06. The number of nitrogens with zero attached hydrogens (tertiary/aromatic N) is 1. The van der Waals surface area contributed by atoms with Crippen molar-refractivity contribution in [2.45, 2.75) is 13.3 Å². The van der Waals surface area contributed by atoms with Crippen LogP contribution >= 0.6 is 0 Å². The average molecular weight is 236 g/mol. The maximum atomic E-state index is 5.64. The molecule has 1 unspecified atom stereocenters. The Balaban J connectivity index is 2.08. The van der Waals surface area contributed by atoms with Gasteiger partial charge in [0.15, 0.2) is 0 Å². The fourth-order valence-electron chi connectivity index (χ4n) is 1.74. The van der Waals surface area contributed by atoms with Crippen molar-refractivity contribution in [3.05, 3.63) is 30.3 Å². The number of hydrogen-bond acceptors (Lipinski definition) is 3. The van der Waals surface area contributed by atoms with Gasteiger partial charge in [0.1, 0.15) is 5.75 Å². The number of hydrogen-bond donors (Lipinski definition) is 1. The van der Waals surface area contributed by atoms with E-state index in [4.69, 9.17) is 10.5 Å². The molecular weight excluding hydrogens is 212 g/mol. The highest BCUT2D eigenvalue weighted by Gasteiger charge is 2.04. The Bertz CT molecular complexity index is 290. The minimum atomic E-state index is 0.565. The van der Waals surface area contributed by atoms with E-state index in [2.05, 4.69) is 18.9 Å². The van der Waals surface area contributed by atoms with E-state index in [9.17, 15) is 0 Å². The zero-order valence-electron chi connectivity index (χ0n) is 10.9. The van der Waals surface area contributed by atoms with E-state index >= 15 is 0 Å². The van der Waals surface area contributed by atoms with Crippen LogP contribution in [0.5, 0.6) is 5.75 Å². The number of benzene rings is 1. The van der Waals surface area contributed by atoms with Crippen molar-refractivity contribution in [2.75, 3.05) is 33.3 Å². The molecule has 0 saturated heterocycles. The van der Waals surface area contributed by atoms with E-state index in [1.54, 1.807) is 0 Å². The molecule has 0 spiro atoms. The van der Waals surface area contributed by atoms with Crippen LogP contribution in [-0.4, -0.2) is 38.2 Å². The molecule has 1 atom stereocenters. The summed E-state index contributed by atoms with van der Waals surface area (Å²) < 4.78 is 5.64. The minimum Gasteiger partial charge on any atom is -0.494 e. The zero-order chi connectivity index (χ0) is 12.5. The van der Waals surface area contributed by atoms with Gasteiger partial charge in [0, 0.05) is 13.1 Å². The van der Waals surface area contributed by atoms with Crippen LogP contribution in [0.3, 0.4) is 0 Å². The summed E-state index contributed by atoms with van der Waals surface area (Å²) in [6.07, 6.45) is 1.04. The van der Waals surface area contributed by atoms with Gasteiger partial charge >= 0.3 is 0 Å². The molecule has 0 aliphatic heterocycles. The molecule has 0 amide bonds. The fourth-order valence-corrected chi connectivity index (χ4v) is 1.74. The van der Waals surface area contributed by atoms with E-state index in [0.717, 1.165) is 38.4 Å². The van der Waals surface area contributed by atoms with Crippen molar-refractivity contribution in [1.29, 1.82) is 0 Å². The molecular formula is C14H24N2O. The first-order valence-electron chi connectivity index (χ1n) is 6.29. The van der Waals surface area contributed by atoms with E-state index in [0.29, 0.717) is 5.92 Å². The summed E-state index contributed by atoms with van der Waals surface area (Å²) in [5, 5.41) is 0. The third-order valence-electron chi connectivity index (χ3n) is 2.72. The maximum absolute atomic E-state index is 5.64. The molecule has 1 rings (SSSR count). The Morgan fingerprint density at radius 1 is 1.29 bits per heavy atom. The molecule has 0 radical (unpaired) electrons. The second-order valence-electron chi connectivity index (χ2n) is 4.62. The molecule has 1 aromatic rings. The van der Waals surface area contributed by atoms with E-state index in [1.807, 2.05) is 30.3 Å². The molecule has 3 heteroatoms. The van der Waals surface area contributed by atoms with Crippen LogP contribution in [0.1, 0.15) is 13.3 Å². The maximum Gasteiger partial charge on any atom is 0.119 e. The van der Waals surface area contributed by atoms with Gasteiger partial charge in [-0.15, -0.1) is 0 Å². The summed E-state index contributed by atoms with van der Waals surface area (Å²) in [6, 6.07) is 9.95. The highest BCUT2D eigenvalue weighted by atomic mass is 16.5. The monoisotopic (exact) mass is 236 g/mol. The van der Waals surface area contributed by atoms with Crippen molar-refractivity contribution in [3.8, 4) is 5.75 Å². The van der Waals surface area contributed by atoms with Gasteiger partial charge in [0.05, 0.1) is 6.61 Å². The van der Waals surface area contributed by atoms with Crippen molar-refractivity contribution >= 4 is 0 Å². The molecule has 96 valence electrons. The number of rotatable bonds is 8. The van der Waals surface area contributed by atoms with E-state index in [1.165, 1.54) is 0 Å². The molecule has 0 saturated carbocycles. The average Bonchev–Trinajstić information content (AvgIpc) is 2.36. The summed E-state index contributed by atoms with van der Waals surface area (Å²) >= 11 is 0. The van der Waals surface area contributed by atoms with Gasteiger partial charge in [0.2, 0.25) is 0 Å². The van der Waals surface area contributed by atoms with E-state index < -0.39 is 0 Å². The molecule has 1 aromatic carbocycles. The van der Waals surface area contributed by atoms with Crippen molar-refractivity contribution in [1.82, 2.24) is 4.90 Å². The largest absolute Gasteiger partial charge is 0.494 e. The molecule has 0 aliphatic rings.